The van der Waals surface area contributed by atoms with Gasteiger partial charge in [-0.3, -0.25) is 0 Å². The molecule has 27 heavy (non-hydrogen) atoms. The molecule has 0 radical (unpaired) electrons. The molecule has 2 aromatic heterocycles. The van der Waals surface area contributed by atoms with Gasteiger partial charge in [-0.2, -0.15) is 5.10 Å². The standard InChI is InChI=1S/C16H14F3N5O.CH4O/c1-10(15-14(19)5-20-7-22-15)16(25,6-24-9-21-8-23-24)12-3-2-11(17)4-13(12)18;1-2/h2-5,7-10,25H,6H2,1H3;2H,1H3. The van der Waals surface area contributed by atoms with Gasteiger partial charge in [0.05, 0.1) is 18.4 Å². The van der Waals surface area contributed by atoms with Crippen molar-refractivity contribution >= 4 is 0 Å². The van der Waals surface area contributed by atoms with Crippen LogP contribution >= 0.6 is 0 Å². The van der Waals surface area contributed by atoms with E-state index in [0.717, 1.165) is 31.8 Å². The number of hydrogen-bond donors (Lipinski definition) is 2. The third-order valence-corrected chi connectivity index (χ3v) is 4.09. The minimum atomic E-state index is -1.96. The average molecular weight is 381 g/mol. The Morgan fingerprint density at radius 1 is 1.11 bits per heavy atom. The summed E-state index contributed by atoms with van der Waals surface area (Å²) in [6.07, 6.45) is 4.66. The molecule has 2 N–H and O–H groups in total. The molecule has 0 amide bonds. The predicted octanol–water partition coefficient (Wildman–Crippen LogP) is 1.79. The second kappa shape index (κ2) is 8.69. The minimum Gasteiger partial charge on any atom is -0.400 e. The monoisotopic (exact) mass is 381 g/mol. The summed E-state index contributed by atoms with van der Waals surface area (Å²) in [5, 5.41) is 22.2. The first kappa shape index (κ1) is 20.5. The van der Waals surface area contributed by atoms with E-state index in [2.05, 4.69) is 20.1 Å². The number of hydrogen-bond acceptors (Lipinski definition) is 6. The van der Waals surface area contributed by atoms with Crippen molar-refractivity contribution in [3.8, 4) is 0 Å². The molecule has 3 rings (SSSR count). The summed E-state index contributed by atoms with van der Waals surface area (Å²) >= 11 is 0. The molecular formula is C17H18F3N5O2. The summed E-state index contributed by atoms with van der Waals surface area (Å²) < 4.78 is 43.0. The molecule has 0 spiro atoms. The lowest BCUT2D eigenvalue weighted by Crippen LogP contribution is -2.39. The molecule has 3 aromatic rings. The summed E-state index contributed by atoms with van der Waals surface area (Å²) in [5.41, 5.74) is -2.25. The van der Waals surface area contributed by atoms with Crippen molar-refractivity contribution in [1.82, 2.24) is 24.7 Å². The van der Waals surface area contributed by atoms with Gasteiger partial charge in [0.1, 0.15) is 36.2 Å². The lowest BCUT2D eigenvalue weighted by Gasteiger charge is -2.34. The van der Waals surface area contributed by atoms with Crippen LogP contribution in [0.4, 0.5) is 13.2 Å². The first-order valence-electron chi connectivity index (χ1n) is 7.82. The first-order valence-corrected chi connectivity index (χ1v) is 7.82. The maximum atomic E-state index is 14.4. The fourth-order valence-electron chi connectivity index (χ4n) is 2.72. The number of halogens is 3. The third-order valence-electron chi connectivity index (χ3n) is 4.09. The molecule has 1 aromatic carbocycles. The molecule has 0 aliphatic rings. The Bertz CT molecular complexity index is 879. The molecule has 2 unspecified atom stereocenters. The van der Waals surface area contributed by atoms with E-state index in [4.69, 9.17) is 5.11 Å². The highest BCUT2D eigenvalue weighted by atomic mass is 19.1. The van der Waals surface area contributed by atoms with Crippen LogP contribution in [0.5, 0.6) is 0 Å². The molecule has 0 aliphatic carbocycles. The molecule has 7 nitrogen and oxygen atoms in total. The van der Waals surface area contributed by atoms with Crippen LogP contribution in [-0.4, -0.2) is 42.1 Å². The Morgan fingerprint density at radius 2 is 1.85 bits per heavy atom. The highest BCUT2D eigenvalue weighted by molar-refractivity contribution is 5.30. The van der Waals surface area contributed by atoms with Gasteiger partial charge in [-0.05, 0) is 6.07 Å². The van der Waals surface area contributed by atoms with Crippen LogP contribution in [-0.2, 0) is 12.1 Å². The summed E-state index contributed by atoms with van der Waals surface area (Å²) in [5.74, 6) is -3.47. The molecule has 144 valence electrons. The predicted molar refractivity (Wildman–Crippen MR) is 88.8 cm³/mol. The fourth-order valence-corrected chi connectivity index (χ4v) is 2.72. The van der Waals surface area contributed by atoms with Crippen molar-refractivity contribution in [2.24, 2.45) is 0 Å². The van der Waals surface area contributed by atoms with Crippen molar-refractivity contribution in [3.63, 3.8) is 0 Å². The number of aromatic nitrogens is 5. The SMILES string of the molecule is CC(c1ncncc1F)C(O)(Cn1cncn1)c1ccc(F)cc1F.CO. The normalized spacial score (nSPS) is 14.0. The summed E-state index contributed by atoms with van der Waals surface area (Å²) in [4.78, 5) is 11.2. The lowest BCUT2D eigenvalue weighted by molar-refractivity contribution is -0.0133. The maximum Gasteiger partial charge on any atom is 0.163 e. The molecule has 0 bridgehead atoms. The topological polar surface area (TPSA) is 97.0 Å². The van der Waals surface area contributed by atoms with Crippen LogP contribution in [0.25, 0.3) is 0 Å². The van der Waals surface area contributed by atoms with Crippen LogP contribution in [0.15, 0.2) is 43.4 Å². The van der Waals surface area contributed by atoms with E-state index in [9.17, 15) is 18.3 Å². The fraction of sp³-hybridized carbons (Fsp3) is 0.294. The van der Waals surface area contributed by atoms with Gasteiger partial charge in [0.15, 0.2) is 5.82 Å². The zero-order chi connectivity index (χ0) is 20.0. The van der Waals surface area contributed by atoms with E-state index >= 15 is 0 Å². The van der Waals surface area contributed by atoms with Gasteiger partial charge in [-0.1, -0.05) is 13.0 Å². The van der Waals surface area contributed by atoms with Crippen LogP contribution in [0.1, 0.15) is 24.1 Å². The van der Waals surface area contributed by atoms with Gasteiger partial charge in [-0.15, -0.1) is 0 Å². The molecule has 0 aliphatic heterocycles. The smallest absolute Gasteiger partial charge is 0.163 e. The summed E-state index contributed by atoms with van der Waals surface area (Å²) in [6, 6.07) is 2.80. The van der Waals surface area contributed by atoms with E-state index in [-0.39, 0.29) is 17.8 Å². The molecule has 0 saturated carbocycles. The van der Waals surface area contributed by atoms with E-state index in [1.54, 1.807) is 0 Å². The van der Waals surface area contributed by atoms with Crippen LogP contribution in [0, 0.1) is 17.5 Å². The average Bonchev–Trinajstić information content (AvgIpc) is 3.16. The van der Waals surface area contributed by atoms with Crippen molar-refractivity contribution < 1.29 is 23.4 Å². The number of benzene rings is 1. The summed E-state index contributed by atoms with van der Waals surface area (Å²) in [7, 11) is 1.00. The van der Waals surface area contributed by atoms with Crippen molar-refractivity contribution in [1.29, 1.82) is 0 Å². The van der Waals surface area contributed by atoms with Gasteiger partial charge in [-0.25, -0.2) is 32.8 Å². The van der Waals surface area contributed by atoms with Gasteiger partial charge in [0, 0.05) is 24.7 Å². The molecule has 2 atom stereocenters. The number of nitrogens with zero attached hydrogens (tertiary/aromatic N) is 5. The van der Waals surface area contributed by atoms with Gasteiger partial charge >= 0.3 is 0 Å². The van der Waals surface area contributed by atoms with Crippen molar-refractivity contribution in [3.05, 3.63) is 72.1 Å². The highest BCUT2D eigenvalue weighted by Crippen LogP contribution is 2.39. The third kappa shape index (κ3) is 4.29. The van der Waals surface area contributed by atoms with E-state index in [1.165, 1.54) is 24.3 Å². The largest absolute Gasteiger partial charge is 0.400 e. The van der Waals surface area contributed by atoms with E-state index < -0.39 is 29.0 Å². The lowest BCUT2D eigenvalue weighted by atomic mass is 9.79. The molecular weight excluding hydrogens is 363 g/mol. The molecule has 2 heterocycles. The number of aliphatic hydroxyl groups excluding tert-OH is 1. The zero-order valence-electron chi connectivity index (χ0n) is 14.6. The van der Waals surface area contributed by atoms with Crippen LogP contribution in [0.2, 0.25) is 0 Å². The zero-order valence-corrected chi connectivity index (χ0v) is 14.6. The quantitative estimate of drug-likeness (QED) is 0.699. The maximum absolute atomic E-state index is 14.4. The summed E-state index contributed by atoms with van der Waals surface area (Å²) in [6.45, 7) is 1.26. The Labute approximate surface area is 153 Å². The number of aliphatic hydroxyl groups is 2. The van der Waals surface area contributed by atoms with Crippen molar-refractivity contribution in [2.45, 2.75) is 25.0 Å². The molecule has 10 heteroatoms. The minimum absolute atomic E-state index is 0.0960. The van der Waals surface area contributed by atoms with E-state index in [0.29, 0.717) is 6.07 Å². The highest BCUT2D eigenvalue weighted by Gasteiger charge is 2.41. The second-order valence-corrected chi connectivity index (χ2v) is 5.62. The Balaban J connectivity index is 0.00000126. The van der Waals surface area contributed by atoms with Crippen molar-refractivity contribution in [2.75, 3.05) is 7.11 Å². The second-order valence-electron chi connectivity index (χ2n) is 5.62. The van der Waals surface area contributed by atoms with Crippen LogP contribution < -0.4 is 0 Å². The first-order chi connectivity index (χ1) is 12.9. The van der Waals surface area contributed by atoms with Gasteiger partial charge in [0.25, 0.3) is 0 Å². The Hall–Kier alpha value is -2.85. The number of rotatable bonds is 5. The van der Waals surface area contributed by atoms with Gasteiger partial charge < -0.3 is 10.2 Å². The van der Waals surface area contributed by atoms with E-state index in [1.807, 2.05) is 0 Å². The van der Waals surface area contributed by atoms with Gasteiger partial charge in [0.2, 0.25) is 0 Å². The Kier molecular flexibility index (Phi) is 6.59. The molecule has 0 fully saturated rings. The Morgan fingerprint density at radius 3 is 2.44 bits per heavy atom. The van der Waals surface area contributed by atoms with Crippen LogP contribution in [0.3, 0.4) is 0 Å². The molecule has 0 saturated heterocycles.